The van der Waals surface area contributed by atoms with E-state index in [0.29, 0.717) is 25.9 Å². The molecule has 2 N–H and O–H groups in total. The number of rotatable bonds is 8. The van der Waals surface area contributed by atoms with Crippen molar-refractivity contribution in [2.45, 2.75) is 25.3 Å². The summed E-state index contributed by atoms with van der Waals surface area (Å²) >= 11 is 0. The maximum Gasteiger partial charge on any atom is 0.220 e. The lowest BCUT2D eigenvalue weighted by molar-refractivity contribution is -0.121. The summed E-state index contributed by atoms with van der Waals surface area (Å²) in [5, 5.41) is 15.3. The van der Waals surface area contributed by atoms with Crippen LogP contribution in [0.5, 0.6) is 0 Å². The Kier molecular flexibility index (Phi) is 5.42. The molecule has 1 amide bonds. The Hall–Kier alpha value is -3.48. The number of H-pyrrole nitrogens is 1. The third kappa shape index (κ3) is 4.09. The average molecular weight is 374 g/mol. The molecule has 0 fully saturated rings. The van der Waals surface area contributed by atoms with Gasteiger partial charge < -0.3 is 10.3 Å². The standard InChI is InChI=1S/C21H22N6O/c28-21(11-6-12-27-15-24-25-26-27)23-13-18(16-7-2-1-3-8-16)19-14-22-20-10-5-4-9-17(19)20/h1-5,7-10,14-15,18,22H,6,11-13H2,(H,23,28)/t18-/m0/s1. The van der Waals surface area contributed by atoms with Gasteiger partial charge in [-0.2, -0.15) is 0 Å². The lowest BCUT2D eigenvalue weighted by Crippen LogP contribution is -2.28. The Bertz CT molecular complexity index is 1030. The second-order valence-corrected chi connectivity index (χ2v) is 6.73. The molecule has 0 aliphatic heterocycles. The second kappa shape index (κ2) is 8.47. The number of aromatic nitrogens is 5. The van der Waals surface area contributed by atoms with Crippen LogP contribution >= 0.6 is 0 Å². The first-order chi connectivity index (χ1) is 13.8. The van der Waals surface area contributed by atoms with Crippen LogP contribution in [0.1, 0.15) is 29.9 Å². The fraction of sp³-hybridized carbons (Fsp3) is 0.238. The molecule has 2 heterocycles. The molecule has 0 unspecified atom stereocenters. The van der Waals surface area contributed by atoms with E-state index in [-0.39, 0.29) is 11.8 Å². The molecule has 0 spiro atoms. The van der Waals surface area contributed by atoms with E-state index in [4.69, 9.17) is 0 Å². The lowest BCUT2D eigenvalue weighted by atomic mass is 9.91. The number of carbonyl (C=O) groups excluding carboxylic acids is 1. The molecule has 7 heteroatoms. The number of benzene rings is 2. The van der Waals surface area contributed by atoms with E-state index in [1.807, 2.05) is 36.5 Å². The summed E-state index contributed by atoms with van der Waals surface area (Å²) in [6.45, 7) is 1.18. The van der Waals surface area contributed by atoms with E-state index in [1.54, 1.807) is 11.0 Å². The molecule has 0 bridgehead atoms. The first-order valence-electron chi connectivity index (χ1n) is 9.39. The van der Waals surface area contributed by atoms with Crippen LogP contribution in [-0.4, -0.2) is 37.6 Å². The zero-order chi connectivity index (χ0) is 19.2. The Labute approximate surface area is 162 Å². The van der Waals surface area contributed by atoms with Crippen molar-refractivity contribution in [2.24, 2.45) is 0 Å². The minimum absolute atomic E-state index is 0.0360. The second-order valence-electron chi connectivity index (χ2n) is 6.73. The summed E-state index contributed by atoms with van der Waals surface area (Å²) in [5.74, 6) is 0.120. The molecule has 4 rings (SSSR count). The van der Waals surface area contributed by atoms with Gasteiger partial charge in [0, 0.05) is 42.5 Å². The van der Waals surface area contributed by atoms with Gasteiger partial charge in [-0.25, -0.2) is 4.68 Å². The summed E-state index contributed by atoms with van der Waals surface area (Å²) in [6, 6.07) is 18.5. The molecule has 4 aromatic rings. The first-order valence-corrected chi connectivity index (χ1v) is 9.39. The molecule has 2 aromatic carbocycles. The molecule has 1 atom stereocenters. The number of nitrogens with zero attached hydrogens (tertiary/aromatic N) is 4. The molecule has 0 saturated heterocycles. The molecule has 142 valence electrons. The summed E-state index contributed by atoms with van der Waals surface area (Å²) in [6.07, 6.45) is 4.74. The number of carbonyl (C=O) groups is 1. The van der Waals surface area contributed by atoms with Crippen LogP contribution in [0, 0.1) is 0 Å². The number of aromatic amines is 1. The number of fused-ring (bicyclic) bond motifs is 1. The molecule has 0 aliphatic carbocycles. The first kappa shape index (κ1) is 17.9. The number of amides is 1. The van der Waals surface area contributed by atoms with Gasteiger partial charge in [-0.15, -0.1) is 5.10 Å². The van der Waals surface area contributed by atoms with Gasteiger partial charge >= 0.3 is 0 Å². The number of tetrazole rings is 1. The highest BCUT2D eigenvalue weighted by atomic mass is 16.1. The highest BCUT2D eigenvalue weighted by molar-refractivity contribution is 5.84. The molecular formula is C21H22N6O. The van der Waals surface area contributed by atoms with Crippen molar-refractivity contribution in [3.05, 3.63) is 78.2 Å². The van der Waals surface area contributed by atoms with E-state index in [9.17, 15) is 4.79 Å². The average Bonchev–Trinajstić information content (AvgIpc) is 3.39. The number of hydrogen-bond donors (Lipinski definition) is 2. The Morgan fingerprint density at radius 2 is 1.93 bits per heavy atom. The fourth-order valence-electron chi connectivity index (χ4n) is 3.46. The third-order valence-corrected chi connectivity index (χ3v) is 4.88. The van der Waals surface area contributed by atoms with Crippen molar-refractivity contribution in [2.75, 3.05) is 6.54 Å². The predicted molar refractivity (Wildman–Crippen MR) is 107 cm³/mol. The summed E-state index contributed by atoms with van der Waals surface area (Å²) in [5.41, 5.74) is 3.48. The van der Waals surface area contributed by atoms with Gasteiger partial charge in [0.1, 0.15) is 6.33 Å². The minimum atomic E-state index is 0.0360. The van der Waals surface area contributed by atoms with Gasteiger partial charge in [-0.05, 0) is 34.0 Å². The van der Waals surface area contributed by atoms with Crippen LogP contribution in [0.3, 0.4) is 0 Å². The molecule has 0 saturated carbocycles. The highest BCUT2D eigenvalue weighted by Gasteiger charge is 2.18. The van der Waals surface area contributed by atoms with Crippen molar-refractivity contribution in [3.8, 4) is 0 Å². The van der Waals surface area contributed by atoms with Crippen molar-refractivity contribution in [1.29, 1.82) is 0 Å². The Morgan fingerprint density at radius 1 is 1.11 bits per heavy atom. The highest BCUT2D eigenvalue weighted by Crippen LogP contribution is 2.30. The molecule has 7 nitrogen and oxygen atoms in total. The van der Waals surface area contributed by atoms with Crippen LogP contribution in [-0.2, 0) is 11.3 Å². The SMILES string of the molecule is O=C(CCCn1cnnn1)NC[C@@H](c1ccccc1)c1c[nH]c2ccccc12. The topological polar surface area (TPSA) is 88.5 Å². The summed E-state index contributed by atoms with van der Waals surface area (Å²) in [7, 11) is 0. The van der Waals surface area contributed by atoms with Crippen LogP contribution in [0.4, 0.5) is 0 Å². The van der Waals surface area contributed by atoms with E-state index in [1.165, 1.54) is 16.5 Å². The van der Waals surface area contributed by atoms with Gasteiger partial charge in [0.15, 0.2) is 0 Å². The van der Waals surface area contributed by atoms with E-state index >= 15 is 0 Å². The zero-order valence-corrected chi connectivity index (χ0v) is 15.5. The smallest absolute Gasteiger partial charge is 0.220 e. The maximum atomic E-state index is 12.4. The zero-order valence-electron chi connectivity index (χ0n) is 15.5. The number of para-hydroxylation sites is 1. The molecule has 28 heavy (non-hydrogen) atoms. The van der Waals surface area contributed by atoms with Crippen molar-refractivity contribution < 1.29 is 4.79 Å². The number of nitrogens with one attached hydrogen (secondary N) is 2. The van der Waals surface area contributed by atoms with E-state index in [0.717, 1.165) is 5.52 Å². The number of aryl methyl sites for hydroxylation is 1. The van der Waals surface area contributed by atoms with Crippen molar-refractivity contribution >= 4 is 16.8 Å². The Morgan fingerprint density at radius 3 is 2.75 bits per heavy atom. The third-order valence-electron chi connectivity index (χ3n) is 4.88. The van der Waals surface area contributed by atoms with Gasteiger partial charge in [-0.3, -0.25) is 4.79 Å². The largest absolute Gasteiger partial charge is 0.361 e. The van der Waals surface area contributed by atoms with Crippen LogP contribution in [0.15, 0.2) is 67.1 Å². The minimum Gasteiger partial charge on any atom is -0.361 e. The predicted octanol–water partition coefficient (Wildman–Crippen LogP) is 2.88. The monoisotopic (exact) mass is 374 g/mol. The molecule has 0 radical (unpaired) electrons. The summed E-state index contributed by atoms with van der Waals surface area (Å²) in [4.78, 5) is 15.7. The Balaban J connectivity index is 1.45. The van der Waals surface area contributed by atoms with Crippen LogP contribution in [0.25, 0.3) is 10.9 Å². The van der Waals surface area contributed by atoms with Gasteiger partial charge in [0.25, 0.3) is 0 Å². The van der Waals surface area contributed by atoms with E-state index in [2.05, 4.69) is 50.1 Å². The van der Waals surface area contributed by atoms with Crippen LogP contribution < -0.4 is 5.32 Å². The van der Waals surface area contributed by atoms with Crippen LogP contribution in [0.2, 0.25) is 0 Å². The molecule has 2 aromatic heterocycles. The number of hydrogen-bond acceptors (Lipinski definition) is 4. The van der Waals surface area contributed by atoms with Gasteiger partial charge in [-0.1, -0.05) is 48.5 Å². The van der Waals surface area contributed by atoms with E-state index < -0.39 is 0 Å². The quantitative estimate of drug-likeness (QED) is 0.496. The van der Waals surface area contributed by atoms with Gasteiger partial charge in [0.2, 0.25) is 5.91 Å². The maximum absolute atomic E-state index is 12.4. The fourth-order valence-corrected chi connectivity index (χ4v) is 3.46. The van der Waals surface area contributed by atoms with Crippen molar-refractivity contribution in [3.63, 3.8) is 0 Å². The van der Waals surface area contributed by atoms with Crippen molar-refractivity contribution in [1.82, 2.24) is 30.5 Å². The summed E-state index contributed by atoms with van der Waals surface area (Å²) < 4.78 is 1.63. The molecular weight excluding hydrogens is 352 g/mol. The molecule has 0 aliphatic rings. The normalized spacial score (nSPS) is 12.1. The lowest BCUT2D eigenvalue weighted by Gasteiger charge is -2.18. The van der Waals surface area contributed by atoms with Gasteiger partial charge in [0.05, 0.1) is 0 Å².